The first-order valence-electron chi connectivity index (χ1n) is 7.46. The second kappa shape index (κ2) is 8.80. The number of carbonyl (C=O) groups is 1. The van der Waals surface area contributed by atoms with Gasteiger partial charge in [0.15, 0.2) is 6.61 Å². The van der Waals surface area contributed by atoms with E-state index in [2.05, 4.69) is 17.4 Å². The SMILES string of the molecule is C[C@H](CCc1ccccc1)NC(=O)COc1cccc(Cl)c1Cl. The fraction of sp³-hybridized carbons (Fsp3) is 0.278. The van der Waals surface area contributed by atoms with Gasteiger partial charge in [-0.25, -0.2) is 0 Å². The summed E-state index contributed by atoms with van der Waals surface area (Å²) in [5, 5.41) is 3.64. The van der Waals surface area contributed by atoms with Gasteiger partial charge in [0.1, 0.15) is 10.8 Å². The molecular weight excluding hydrogens is 333 g/mol. The molecule has 2 aromatic carbocycles. The maximum Gasteiger partial charge on any atom is 0.258 e. The Kier molecular flexibility index (Phi) is 6.75. The number of hydrogen-bond donors (Lipinski definition) is 1. The summed E-state index contributed by atoms with van der Waals surface area (Å²) in [4.78, 5) is 11.9. The van der Waals surface area contributed by atoms with Crippen LogP contribution in [0.3, 0.4) is 0 Å². The third kappa shape index (κ3) is 5.77. The highest BCUT2D eigenvalue weighted by molar-refractivity contribution is 6.42. The Hall–Kier alpha value is -1.71. The summed E-state index contributed by atoms with van der Waals surface area (Å²) < 4.78 is 5.41. The molecule has 0 aromatic heterocycles. The van der Waals surface area contributed by atoms with Crippen molar-refractivity contribution in [3.8, 4) is 5.75 Å². The highest BCUT2D eigenvalue weighted by Gasteiger charge is 2.10. The number of nitrogens with one attached hydrogen (secondary N) is 1. The second-order valence-electron chi connectivity index (χ2n) is 5.33. The second-order valence-corrected chi connectivity index (χ2v) is 6.12. The van der Waals surface area contributed by atoms with Crippen LogP contribution in [-0.2, 0) is 11.2 Å². The van der Waals surface area contributed by atoms with Crippen LogP contribution in [0.2, 0.25) is 10.0 Å². The van der Waals surface area contributed by atoms with E-state index >= 15 is 0 Å². The predicted octanol–water partition coefficient (Wildman–Crippen LogP) is 4.51. The summed E-state index contributed by atoms with van der Waals surface area (Å²) >= 11 is 11.9. The average molecular weight is 352 g/mol. The summed E-state index contributed by atoms with van der Waals surface area (Å²) in [7, 11) is 0. The van der Waals surface area contributed by atoms with Gasteiger partial charge < -0.3 is 10.1 Å². The summed E-state index contributed by atoms with van der Waals surface area (Å²) in [5.74, 6) is 0.229. The average Bonchev–Trinajstić information content (AvgIpc) is 2.55. The van der Waals surface area contributed by atoms with E-state index in [1.165, 1.54) is 5.56 Å². The monoisotopic (exact) mass is 351 g/mol. The molecule has 0 fully saturated rings. The smallest absolute Gasteiger partial charge is 0.258 e. The van der Waals surface area contributed by atoms with Crippen LogP contribution in [0.15, 0.2) is 48.5 Å². The third-order valence-electron chi connectivity index (χ3n) is 3.39. The van der Waals surface area contributed by atoms with Crippen molar-refractivity contribution in [2.24, 2.45) is 0 Å². The molecule has 1 atom stereocenters. The van der Waals surface area contributed by atoms with Crippen molar-refractivity contribution in [2.45, 2.75) is 25.8 Å². The van der Waals surface area contributed by atoms with Gasteiger partial charge in [0, 0.05) is 6.04 Å². The Morgan fingerprint density at radius 2 is 1.87 bits per heavy atom. The molecule has 5 heteroatoms. The van der Waals surface area contributed by atoms with Crippen LogP contribution in [-0.4, -0.2) is 18.6 Å². The lowest BCUT2D eigenvalue weighted by Crippen LogP contribution is -2.36. The molecule has 0 unspecified atom stereocenters. The molecule has 0 aliphatic carbocycles. The molecule has 122 valence electrons. The van der Waals surface area contributed by atoms with E-state index in [9.17, 15) is 4.79 Å². The van der Waals surface area contributed by atoms with Crippen molar-refractivity contribution in [1.29, 1.82) is 0 Å². The van der Waals surface area contributed by atoms with Crippen LogP contribution in [0.1, 0.15) is 18.9 Å². The van der Waals surface area contributed by atoms with Crippen molar-refractivity contribution in [3.63, 3.8) is 0 Å². The zero-order valence-corrected chi connectivity index (χ0v) is 14.4. The standard InChI is InChI=1S/C18H19Cl2NO2/c1-13(10-11-14-6-3-2-4-7-14)21-17(22)12-23-16-9-5-8-15(19)18(16)20/h2-9,13H,10-12H2,1H3,(H,21,22)/t13-/m1/s1. The van der Waals surface area contributed by atoms with Crippen LogP contribution in [0.4, 0.5) is 0 Å². The summed E-state index contributed by atoms with van der Waals surface area (Å²) in [6.07, 6.45) is 1.79. The Bertz CT molecular complexity index is 647. The van der Waals surface area contributed by atoms with Gasteiger partial charge in [0.25, 0.3) is 5.91 Å². The first kappa shape index (κ1) is 17.6. The first-order chi connectivity index (χ1) is 11.1. The lowest BCUT2D eigenvalue weighted by atomic mass is 10.1. The number of ether oxygens (including phenoxy) is 1. The number of amides is 1. The first-order valence-corrected chi connectivity index (χ1v) is 8.22. The Labute approximate surface area is 146 Å². The van der Waals surface area contributed by atoms with E-state index < -0.39 is 0 Å². The van der Waals surface area contributed by atoms with Crippen molar-refractivity contribution >= 4 is 29.1 Å². The number of hydrogen-bond acceptors (Lipinski definition) is 2. The molecule has 2 aromatic rings. The number of carbonyl (C=O) groups excluding carboxylic acids is 1. The van der Waals surface area contributed by atoms with Crippen molar-refractivity contribution < 1.29 is 9.53 Å². The molecule has 0 saturated carbocycles. The van der Waals surface area contributed by atoms with Gasteiger partial charge in [-0.1, -0.05) is 59.6 Å². The Balaban J connectivity index is 1.74. The van der Waals surface area contributed by atoms with Crippen molar-refractivity contribution in [2.75, 3.05) is 6.61 Å². The number of halogens is 2. The molecule has 0 bridgehead atoms. The van der Waals surface area contributed by atoms with E-state index in [-0.39, 0.29) is 18.6 Å². The van der Waals surface area contributed by atoms with Gasteiger partial charge in [0.05, 0.1) is 5.02 Å². The zero-order valence-electron chi connectivity index (χ0n) is 12.9. The normalized spacial score (nSPS) is 11.8. The van der Waals surface area contributed by atoms with Gasteiger partial charge in [-0.2, -0.15) is 0 Å². The van der Waals surface area contributed by atoms with Crippen LogP contribution >= 0.6 is 23.2 Å². The molecule has 0 aliphatic heterocycles. The summed E-state index contributed by atoms with van der Waals surface area (Å²) in [6, 6.07) is 15.3. The number of aryl methyl sites for hydroxylation is 1. The molecule has 1 amide bonds. The predicted molar refractivity (Wildman–Crippen MR) is 94.3 cm³/mol. The Morgan fingerprint density at radius 3 is 2.61 bits per heavy atom. The van der Waals surface area contributed by atoms with Gasteiger partial charge >= 0.3 is 0 Å². The lowest BCUT2D eigenvalue weighted by Gasteiger charge is -2.15. The minimum Gasteiger partial charge on any atom is -0.482 e. The van der Waals surface area contributed by atoms with E-state index in [1.807, 2.05) is 25.1 Å². The highest BCUT2D eigenvalue weighted by atomic mass is 35.5. The quantitative estimate of drug-likeness (QED) is 0.796. The lowest BCUT2D eigenvalue weighted by molar-refractivity contribution is -0.123. The molecule has 0 spiro atoms. The van der Waals surface area contributed by atoms with E-state index in [0.717, 1.165) is 12.8 Å². The van der Waals surface area contributed by atoms with E-state index in [0.29, 0.717) is 15.8 Å². The molecule has 0 radical (unpaired) electrons. The van der Waals surface area contributed by atoms with Gasteiger partial charge in [-0.3, -0.25) is 4.79 Å². The minimum absolute atomic E-state index is 0.0705. The number of rotatable bonds is 7. The maximum absolute atomic E-state index is 11.9. The van der Waals surface area contributed by atoms with E-state index in [1.54, 1.807) is 18.2 Å². The third-order valence-corrected chi connectivity index (χ3v) is 4.19. The minimum atomic E-state index is -0.179. The van der Waals surface area contributed by atoms with Gasteiger partial charge in [-0.15, -0.1) is 0 Å². The van der Waals surface area contributed by atoms with Gasteiger partial charge in [0.2, 0.25) is 0 Å². The zero-order chi connectivity index (χ0) is 16.7. The molecular formula is C18H19Cl2NO2. The fourth-order valence-corrected chi connectivity index (χ4v) is 2.50. The molecule has 0 heterocycles. The van der Waals surface area contributed by atoms with Crippen molar-refractivity contribution in [3.05, 3.63) is 64.1 Å². The van der Waals surface area contributed by atoms with Crippen molar-refractivity contribution in [1.82, 2.24) is 5.32 Å². The van der Waals surface area contributed by atoms with E-state index in [4.69, 9.17) is 27.9 Å². The van der Waals surface area contributed by atoms with Crippen LogP contribution in [0, 0.1) is 0 Å². The number of benzene rings is 2. The van der Waals surface area contributed by atoms with Crippen LogP contribution in [0.5, 0.6) is 5.75 Å². The summed E-state index contributed by atoms with van der Waals surface area (Å²) in [5.41, 5.74) is 1.26. The van der Waals surface area contributed by atoms with Crippen LogP contribution < -0.4 is 10.1 Å². The van der Waals surface area contributed by atoms with Crippen LogP contribution in [0.25, 0.3) is 0 Å². The molecule has 2 rings (SSSR count). The molecule has 3 nitrogen and oxygen atoms in total. The topological polar surface area (TPSA) is 38.3 Å². The van der Waals surface area contributed by atoms with Gasteiger partial charge in [-0.05, 0) is 37.5 Å². The molecule has 23 heavy (non-hydrogen) atoms. The molecule has 0 aliphatic rings. The Morgan fingerprint density at radius 1 is 1.13 bits per heavy atom. The maximum atomic E-state index is 11.9. The molecule has 1 N–H and O–H groups in total. The summed E-state index contributed by atoms with van der Waals surface area (Å²) in [6.45, 7) is 1.89. The molecule has 0 saturated heterocycles. The highest BCUT2D eigenvalue weighted by Crippen LogP contribution is 2.31. The fourth-order valence-electron chi connectivity index (χ4n) is 2.16. The largest absolute Gasteiger partial charge is 0.482 e.